The number of carboxylic acids is 1. The minimum Gasteiger partial charge on any atom is -0.492 e. The minimum atomic E-state index is -0.765. The SMILES string of the molecule is Cc1ccc(OCCN(CCC(=O)O)C(C)(C)C)cc1. The van der Waals surface area contributed by atoms with Crippen LogP contribution in [0, 0.1) is 6.92 Å². The maximum absolute atomic E-state index is 10.7. The number of hydrogen-bond acceptors (Lipinski definition) is 3. The van der Waals surface area contributed by atoms with Crippen molar-refractivity contribution in [2.45, 2.75) is 39.7 Å². The van der Waals surface area contributed by atoms with E-state index in [-0.39, 0.29) is 12.0 Å². The molecule has 0 aliphatic heterocycles. The topological polar surface area (TPSA) is 49.8 Å². The lowest BCUT2D eigenvalue weighted by Crippen LogP contribution is -2.44. The summed E-state index contributed by atoms with van der Waals surface area (Å²) in [5, 5.41) is 8.80. The van der Waals surface area contributed by atoms with Gasteiger partial charge in [-0.05, 0) is 39.8 Å². The van der Waals surface area contributed by atoms with Gasteiger partial charge in [0.15, 0.2) is 0 Å². The molecule has 0 atom stereocenters. The lowest BCUT2D eigenvalue weighted by molar-refractivity contribution is -0.137. The quantitative estimate of drug-likeness (QED) is 0.833. The molecule has 1 N–H and O–H groups in total. The zero-order valence-electron chi connectivity index (χ0n) is 12.8. The van der Waals surface area contributed by atoms with Crippen LogP contribution in [0.2, 0.25) is 0 Å². The van der Waals surface area contributed by atoms with Crippen molar-refractivity contribution in [3.63, 3.8) is 0 Å². The van der Waals surface area contributed by atoms with Crippen molar-refractivity contribution >= 4 is 5.97 Å². The maximum atomic E-state index is 10.7. The van der Waals surface area contributed by atoms with Crippen molar-refractivity contribution < 1.29 is 14.6 Å². The molecule has 4 nitrogen and oxygen atoms in total. The van der Waals surface area contributed by atoms with E-state index in [9.17, 15) is 4.79 Å². The van der Waals surface area contributed by atoms with E-state index in [1.165, 1.54) is 5.56 Å². The van der Waals surface area contributed by atoms with E-state index in [0.717, 1.165) is 5.75 Å². The predicted octanol–water partition coefficient (Wildman–Crippen LogP) is 2.95. The molecule has 0 bridgehead atoms. The largest absolute Gasteiger partial charge is 0.492 e. The van der Waals surface area contributed by atoms with E-state index in [2.05, 4.69) is 25.7 Å². The van der Waals surface area contributed by atoms with Crippen LogP contribution in [0.3, 0.4) is 0 Å². The molecule has 0 aliphatic carbocycles. The number of nitrogens with zero attached hydrogens (tertiary/aromatic N) is 1. The lowest BCUT2D eigenvalue weighted by Gasteiger charge is -2.35. The van der Waals surface area contributed by atoms with Crippen LogP contribution in [0.1, 0.15) is 32.8 Å². The highest BCUT2D eigenvalue weighted by molar-refractivity contribution is 5.66. The Balaban J connectivity index is 2.45. The van der Waals surface area contributed by atoms with E-state index in [0.29, 0.717) is 19.7 Å². The summed E-state index contributed by atoms with van der Waals surface area (Å²) in [4.78, 5) is 12.8. The number of carboxylic acid groups (broad SMARTS) is 1. The molecule has 0 aromatic heterocycles. The molecule has 4 heteroatoms. The summed E-state index contributed by atoms with van der Waals surface area (Å²) >= 11 is 0. The fourth-order valence-electron chi connectivity index (χ4n) is 1.92. The van der Waals surface area contributed by atoms with Crippen LogP contribution in [0.15, 0.2) is 24.3 Å². The summed E-state index contributed by atoms with van der Waals surface area (Å²) in [6.07, 6.45) is 0.155. The molecular weight excluding hydrogens is 254 g/mol. The van der Waals surface area contributed by atoms with E-state index >= 15 is 0 Å². The second kappa shape index (κ2) is 7.29. The third kappa shape index (κ3) is 6.06. The van der Waals surface area contributed by atoms with Gasteiger partial charge in [-0.2, -0.15) is 0 Å². The van der Waals surface area contributed by atoms with Gasteiger partial charge in [-0.1, -0.05) is 17.7 Å². The van der Waals surface area contributed by atoms with Gasteiger partial charge in [-0.15, -0.1) is 0 Å². The number of benzene rings is 1. The summed E-state index contributed by atoms with van der Waals surface area (Å²) in [5.74, 6) is 0.0846. The first-order valence-electron chi connectivity index (χ1n) is 6.95. The van der Waals surface area contributed by atoms with Crippen LogP contribution >= 0.6 is 0 Å². The monoisotopic (exact) mass is 279 g/mol. The van der Waals surface area contributed by atoms with Crippen molar-refractivity contribution in [3.05, 3.63) is 29.8 Å². The normalized spacial score (nSPS) is 11.7. The number of rotatable bonds is 7. The Morgan fingerprint density at radius 1 is 1.20 bits per heavy atom. The first-order chi connectivity index (χ1) is 9.29. The standard InChI is InChI=1S/C16H25NO3/c1-13-5-7-14(8-6-13)20-12-11-17(16(2,3)4)10-9-15(18)19/h5-8H,9-12H2,1-4H3,(H,18,19). The number of hydrogen-bond donors (Lipinski definition) is 1. The molecule has 0 heterocycles. The Labute approximate surface area is 121 Å². The van der Waals surface area contributed by atoms with E-state index in [1.54, 1.807) is 0 Å². The molecule has 1 rings (SSSR count). The summed E-state index contributed by atoms with van der Waals surface area (Å²) in [7, 11) is 0. The van der Waals surface area contributed by atoms with Crippen LogP contribution in [-0.2, 0) is 4.79 Å². The zero-order valence-corrected chi connectivity index (χ0v) is 12.8. The molecule has 0 saturated heterocycles. The summed E-state index contributed by atoms with van der Waals surface area (Å²) in [5.41, 5.74) is 1.14. The fraction of sp³-hybridized carbons (Fsp3) is 0.562. The van der Waals surface area contributed by atoms with Crippen LogP contribution in [0.25, 0.3) is 0 Å². The van der Waals surface area contributed by atoms with Crippen molar-refractivity contribution in [2.24, 2.45) is 0 Å². The van der Waals surface area contributed by atoms with Gasteiger partial charge in [-0.25, -0.2) is 0 Å². The van der Waals surface area contributed by atoms with Gasteiger partial charge in [0, 0.05) is 18.6 Å². The molecule has 20 heavy (non-hydrogen) atoms. The Bertz CT molecular complexity index is 420. The van der Waals surface area contributed by atoms with E-state index in [1.807, 2.05) is 31.2 Å². The van der Waals surface area contributed by atoms with Crippen molar-refractivity contribution in [1.82, 2.24) is 4.90 Å². The minimum absolute atomic E-state index is 0.0634. The maximum Gasteiger partial charge on any atom is 0.304 e. The van der Waals surface area contributed by atoms with Gasteiger partial charge in [0.2, 0.25) is 0 Å². The molecular formula is C16H25NO3. The second-order valence-corrected chi connectivity index (χ2v) is 5.96. The molecule has 0 aliphatic rings. The van der Waals surface area contributed by atoms with Crippen molar-refractivity contribution in [2.75, 3.05) is 19.7 Å². The number of carbonyl (C=O) groups is 1. The van der Waals surface area contributed by atoms with E-state index in [4.69, 9.17) is 9.84 Å². The molecule has 0 spiro atoms. The first kappa shape index (κ1) is 16.5. The molecule has 0 amide bonds. The third-order valence-corrected chi connectivity index (χ3v) is 3.20. The third-order valence-electron chi connectivity index (χ3n) is 3.20. The molecule has 1 aromatic carbocycles. The van der Waals surface area contributed by atoms with Gasteiger partial charge >= 0.3 is 5.97 Å². The van der Waals surface area contributed by atoms with Gasteiger partial charge < -0.3 is 9.84 Å². The second-order valence-electron chi connectivity index (χ2n) is 5.96. The predicted molar refractivity (Wildman–Crippen MR) is 80.3 cm³/mol. The van der Waals surface area contributed by atoms with Gasteiger partial charge in [0.25, 0.3) is 0 Å². The number of aryl methyl sites for hydroxylation is 1. The lowest BCUT2D eigenvalue weighted by atomic mass is 10.1. The Morgan fingerprint density at radius 2 is 1.80 bits per heavy atom. The highest BCUT2D eigenvalue weighted by Gasteiger charge is 2.21. The molecule has 0 radical (unpaired) electrons. The molecule has 1 aromatic rings. The average Bonchev–Trinajstić information content (AvgIpc) is 2.34. The Morgan fingerprint density at radius 3 is 2.30 bits per heavy atom. The van der Waals surface area contributed by atoms with Crippen molar-refractivity contribution in [3.8, 4) is 5.75 Å². The highest BCUT2D eigenvalue weighted by atomic mass is 16.5. The molecule has 0 unspecified atom stereocenters. The van der Waals surface area contributed by atoms with Gasteiger partial charge in [0.1, 0.15) is 12.4 Å². The number of aliphatic carboxylic acids is 1. The Kier molecular flexibility index (Phi) is 6.02. The average molecular weight is 279 g/mol. The van der Waals surface area contributed by atoms with Gasteiger partial charge in [0.05, 0.1) is 6.42 Å². The summed E-state index contributed by atoms with van der Waals surface area (Å²) in [6, 6.07) is 7.94. The molecule has 0 fully saturated rings. The summed E-state index contributed by atoms with van der Waals surface area (Å²) < 4.78 is 5.70. The molecule has 112 valence electrons. The van der Waals surface area contributed by atoms with Crippen molar-refractivity contribution in [1.29, 1.82) is 0 Å². The van der Waals surface area contributed by atoms with Crippen LogP contribution in [0.4, 0.5) is 0 Å². The van der Waals surface area contributed by atoms with Crippen LogP contribution in [-0.4, -0.2) is 41.2 Å². The zero-order chi connectivity index (χ0) is 15.2. The first-order valence-corrected chi connectivity index (χ1v) is 6.95. The van der Waals surface area contributed by atoms with Crippen LogP contribution in [0.5, 0.6) is 5.75 Å². The summed E-state index contributed by atoms with van der Waals surface area (Å²) in [6.45, 7) is 10.1. The fourth-order valence-corrected chi connectivity index (χ4v) is 1.92. The molecule has 0 saturated carbocycles. The smallest absolute Gasteiger partial charge is 0.304 e. The Hall–Kier alpha value is -1.55. The van der Waals surface area contributed by atoms with Gasteiger partial charge in [-0.3, -0.25) is 9.69 Å². The van der Waals surface area contributed by atoms with Crippen LogP contribution < -0.4 is 4.74 Å². The highest BCUT2D eigenvalue weighted by Crippen LogP contribution is 2.15. The van der Waals surface area contributed by atoms with E-state index < -0.39 is 5.97 Å². The number of ether oxygens (including phenoxy) is 1.